The molecule has 118 valence electrons. The van der Waals surface area contributed by atoms with Gasteiger partial charge in [-0.1, -0.05) is 18.2 Å². The topological polar surface area (TPSA) is 96.7 Å². The number of para-hydroxylation sites is 1. The predicted octanol–water partition coefficient (Wildman–Crippen LogP) is 2.54. The van der Waals surface area contributed by atoms with Gasteiger partial charge in [0, 0.05) is 23.3 Å². The van der Waals surface area contributed by atoms with Crippen LogP contribution in [0.1, 0.15) is 16.4 Å². The van der Waals surface area contributed by atoms with Gasteiger partial charge >= 0.3 is 0 Å². The van der Waals surface area contributed by atoms with Crippen molar-refractivity contribution in [2.75, 3.05) is 0 Å². The summed E-state index contributed by atoms with van der Waals surface area (Å²) >= 11 is 0. The molecule has 0 saturated heterocycles. The van der Waals surface area contributed by atoms with Crippen molar-refractivity contribution in [3.63, 3.8) is 0 Å². The number of fused-ring (bicyclic) bond motifs is 1. The number of nitrogens with one attached hydrogen (secondary N) is 2. The second kappa shape index (κ2) is 5.96. The Morgan fingerprint density at radius 3 is 2.96 bits per heavy atom. The van der Waals surface area contributed by atoms with Crippen molar-refractivity contribution in [2.24, 2.45) is 0 Å². The number of hydrogen-bond donors (Lipinski definition) is 2. The quantitative estimate of drug-likeness (QED) is 0.602. The Labute approximate surface area is 136 Å². The van der Waals surface area contributed by atoms with E-state index in [1.165, 1.54) is 0 Å². The SMILES string of the molecule is O=C(NCc1nc(-c2cccnc2)n[nH]1)c1cc2ccccc2o1. The van der Waals surface area contributed by atoms with E-state index in [4.69, 9.17) is 4.42 Å². The van der Waals surface area contributed by atoms with Gasteiger partial charge in [0.15, 0.2) is 11.6 Å². The van der Waals surface area contributed by atoms with Crippen LogP contribution in [-0.4, -0.2) is 26.1 Å². The van der Waals surface area contributed by atoms with Crippen LogP contribution in [0, 0.1) is 0 Å². The second-order valence-electron chi connectivity index (χ2n) is 5.18. The molecular weight excluding hydrogens is 306 g/mol. The third-order valence-electron chi connectivity index (χ3n) is 3.52. The molecule has 0 spiro atoms. The Morgan fingerprint density at radius 1 is 1.21 bits per heavy atom. The number of benzene rings is 1. The van der Waals surface area contributed by atoms with Crippen molar-refractivity contribution >= 4 is 16.9 Å². The molecule has 7 heteroatoms. The standard InChI is InChI=1S/C17H13N5O2/c23-17(14-8-11-4-1-2-6-13(11)24-14)19-10-15-20-16(22-21-15)12-5-3-7-18-9-12/h1-9H,10H2,(H,19,23)(H,20,21,22). The predicted molar refractivity (Wildman–Crippen MR) is 87.0 cm³/mol. The molecule has 0 aliphatic rings. The number of H-pyrrole nitrogens is 1. The zero-order chi connectivity index (χ0) is 16.4. The zero-order valence-electron chi connectivity index (χ0n) is 12.6. The first-order valence-corrected chi connectivity index (χ1v) is 7.38. The summed E-state index contributed by atoms with van der Waals surface area (Å²) in [6.07, 6.45) is 3.37. The maximum atomic E-state index is 12.2. The van der Waals surface area contributed by atoms with E-state index in [-0.39, 0.29) is 18.2 Å². The highest BCUT2D eigenvalue weighted by Gasteiger charge is 2.13. The van der Waals surface area contributed by atoms with Crippen LogP contribution in [-0.2, 0) is 6.54 Å². The summed E-state index contributed by atoms with van der Waals surface area (Å²) in [7, 11) is 0. The lowest BCUT2D eigenvalue weighted by Gasteiger charge is -1.99. The van der Waals surface area contributed by atoms with Gasteiger partial charge in [-0.25, -0.2) is 4.98 Å². The number of pyridine rings is 1. The molecule has 0 bridgehead atoms. The summed E-state index contributed by atoms with van der Waals surface area (Å²) in [6.45, 7) is 0.225. The number of carbonyl (C=O) groups is 1. The van der Waals surface area contributed by atoms with Gasteiger partial charge in [-0.3, -0.25) is 14.9 Å². The maximum absolute atomic E-state index is 12.2. The van der Waals surface area contributed by atoms with Crippen molar-refractivity contribution in [3.05, 3.63) is 66.4 Å². The average Bonchev–Trinajstić information content (AvgIpc) is 3.27. The molecule has 7 nitrogen and oxygen atoms in total. The van der Waals surface area contributed by atoms with Crippen LogP contribution in [0.5, 0.6) is 0 Å². The molecule has 0 radical (unpaired) electrons. The molecule has 3 heterocycles. The van der Waals surface area contributed by atoms with Crippen LogP contribution in [0.25, 0.3) is 22.4 Å². The molecule has 0 aliphatic carbocycles. The summed E-state index contributed by atoms with van der Waals surface area (Å²) in [4.78, 5) is 20.6. The highest BCUT2D eigenvalue weighted by molar-refractivity contribution is 5.95. The number of aromatic amines is 1. The molecule has 4 aromatic rings. The minimum absolute atomic E-state index is 0.225. The van der Waals surface area contributed by atoms with E-state index < -0.39 is 0 Å². The van der Waals surface area contributed by atoms with Gasteiger partial charge in [0.05, 0.1) is 6.54 Å². The number of aromatic nitrogens is 4. The van der Waals surface area contributed by atoms with Gasteiger partial charge < -0.3 is 9.73 Å². The van der Waals surface area contributed by atoms with E-state index in [9.17, 15) is 4.79 Å². The van der Waals surface area contributed by atoms with Crippen LogP contribution < -0.4 is 5.32 Å². The molecule has 0 unspecified atom stereocenters. The molecule has 24 heavy (non-hydrogen) atoms. The van der Waals surface area contributed by atoms with Gasteiger partial charge in [0.2, 0.25) is 0 Å². The minimum Gasteiger partial charge on any atom is -0.451 e. The fraction of sp³-hybridized carbons (Fsp3) is 0.0588. The zero-order valence-corrected chi connectivity index (χ0v) is 12.6. The number of carbonyl (C=O) groups excluding carboxylic acids is 1. The first-order valence-electron chi connectivity index (χ1n) is 7.38. The molecule has 0 fully saturated rings. The third-order valence-corrected chi connectivity index (χ3v) is 3.52. The highest BCUT2D eigenvalue weighted by Crippen LogP contribution is 2.18. The Bertz CT molecular complexity index is 957. The molecule has 2 N–H and O–H groups in total. The average molecular weight is 319 g/mol. The van der Waals surface area contributed by atoms with Crippen LogP contribution in [0.4, 0.5) is 0 Å². The Kier molecular flexibility index (Phi) is 3.51. The van der Waals surface area contributed by atoms with Crippen LogP contribution in [0.15, 0.2) is 59.3 Å². The number of rotatable bonds is 4. The van der Waals surface area contributed by atoms with Gasteiger partial charge in [-0.15, -0.1) is 0 Å². The largest absolute Gasteiger partial charge is 0.451 e. The van der Waals surface area contributed by atoms with Crippen molar-refractivity contribution in [3.8, 4) is 11.4 Å². The Hall–Kier alpha value is -3.48. The second-order valence-corrected chi connectivity index (χ2v) is 5.18. The number of hydrogen-bond acceptors (Lipinski definition) is 5. The van der Waals surface area contributed by atoms with E-state index >= 15 is 0 Å². The molecule has 0 atom stereocenters. The lowest BCUT2D eigenvalue weighted by atomic mass is 10.2. The monoisotopic (exact) mass is 319 g/mol. The normalized spacial score (nSPS) is 10.8. The van der Waals surface area contributed by atoms with Gasteiger partial charge in [0.25, 0.3) is 5.91 Å². The smallest absolute Gasteiger partial charge is 0.287 e. The molecule has 0 saturated carbocycles. The Balaban J connectivity index is 1.45. The number of nitrogens with zero attached hydrogens (tertiary/aromatic N) is 3. The van der Waals surface area contributed by atoms with E-state index in [0.29, 0.717) is 17.2 Å². The molecule has 1 aromatic carbocycles. The van der Waals surface area contributed by atoms with Gasteiger partial charge in [-0.05, 0) is 24.3 Å². The lowest BCUT2D eigenvalue weighted by Crippen LogP contribution is -2.22. The van der Waals surface area contributed by atoms with Crippen molar-refractivity contribution in [1.29, 1.82) is 0 Å². The summed E-state index contributed by atoms with van der Waals surface area (Å²) in [6, 6.07) is 12.9. The van der Waals surface area contributed by atoms with Crippen molar-refractivity contribution < 1.29 is 9.21 Å². The number of furan rings is 1. The summed E-state index contributed by atoms with van der Waals surface area (Å²) < 4.78 is 5.53. The summed E-state index contributed by atoms with van der Waals surface area (Å²) in [5.74, 6) is 1.06. The van der Waals surface area contributed by atoms with Crippen molar-refractivity contribution in [2.45, 2.75) is 6.54 Å². The third kappa shape index (κ3) is 2.74. The van der Waals surface area contributed by atoms with E-state index in [1.54, 1.807) is 18.5 Å². The first-order chi connectivity index (χ1) is 11.8. The van der Waals surface area contributed by atoms with E-state index in [0.717, 1.165) is 10.9 Å². The van der Waals surface area contributed by atoms with Crippen LogP contribution in [0.2, 0.25) is 0 Å². The Morgan fingerprint density at radius 2 is 2.12 bits per heavy atom. The van der Waals surface area contributed by atoms with E-state index in [2.05, 4.69) is 25.5 Å². The van der Waals surface area contributed by atoms with Gasteiger partial charge in [-0.2, -0.15) is 5.10 Å². The maximum Gasteiger partial charge on any atom is 0.287 e. The van der Waals surface area contributed by atoms with Gasteiger partial charge in [0.1, 0.15) is 11.4 Å². The molecule has 0 aliphatic heterocycles. The summed E-state index contributed by atoms with van der Waals surface area (Å²) in [5.41, 5.74) is 1.49. The molecule has 4 rings (SSSR count). The fourth-order valence-corrected chi connectivity index (χ4v) is 2.34. The molecule has 3 aromatic heterocycles. The molecular formula is C17H13N5O2. The van der Waals surface area contributed by atoms with Crippen LogP contribution in [0.3, 0.4) is 0 Å². The summed E-state index contributed by atoms with van der Waals surface area (Å²) in [5, 5.41) is 10.6. The highest BCUT2D eigenvalue weighted by atomic mass is 16.3. The fourth-order valence-electron chi connectivity index (χ4n) is 2.34. The number of amides is 1. The minimum atomic E-state index is -0.300. The van der Waals surface area contributed by atoms with E-state index in [1.807, 2.05) is 36.4 Å². The van der Waals surface area contributed by atoms with Crippen molar-refractivity contribution in [1.82, 2.24) is 25.5 Å². The molecule has 1 amide bonds. The van der Waals surface area contributed by atoms with Crippen LogP contribution >= 0.6 is 0 Å². The lowest BCUT2D eigenvalue weighted by molar-refractivity contribution is 0.0924. The first kappa shape index (κ1) is 14.1.